The van der Waals surface area contributed by atoms with E-state index in [1.807, 2.05) is 25.1 Å². The number of amides is 2. The van der Waals surface area contributed by atoms with E-state index in [1.165, 1.54) is 6.07 Å². The molecule has 34 heavy (non-hydrogen) atoms. The molecule has 0 unspecified atom stereocenters. The summed E-state index contributed by atoms with van der Waals surface area (Å²) in [5.41, 5.74) is 2.42. The Morgan fingerprint density at radius 3 is 2.38 bits per heavy atom. The molecule has 4 rings (SSSR count). The van der Waals surface area contributed by atoms with E-state index in [0.29, 0.717) is 24.4 Å². The van der Waals surface area contributed by atoms with Crippen molar-refractivity contribution in [3.05, 3.63) is 72.2 Å². The Balaban J connectivity index is 1.34. The van der Waals surface area contributed by atoms with Gasteiger partial charge in [-0.05, 0) is 61.2 Å². The minimum Gasteiger partial charge on any atom is -0.481 e. The monoisotopic (exact) mass is 463 g/mol. The van der Waals surface area contributed by atoms with Crippen molar-refractivity contribution < 1.29 is 23.8 Å². The number of hydrogen-bond acceptors (Lipinski definition) is 4. The Bertz CT molecular complexity index is 1170. The van der Waals surface area contributed by atoms with Crippen molar-refractivity contribution in [1.29, 1.82) is 0 Å². The van der Waals surface area contributed by atoms with E-state index in [9.17, 15) is 19.1 Å². The maximum Gasteiger partial charge on any atom is 0.323 e. The van der Waals surface area contributed by atoms with Crippen LogP contribution in [-0.4, -0.2) is 28.7 Å². The van der Waals surface area contributed by atoms with Crippen LogP contribution in [0, 0.1) is 18.2 Å². The Kier molecular flexibility index (Phi) is 6.77. The summed E-state index contributed by atoms with van der Waals surface area (Å²) in [7, 11) is 0. The highest BCUT2D eigenvalue weighted by atomic mass is 19.1. The van der Waals surface area contributed by atoms with Gasteiger partial charge in [0.05, 0.1) is 5.69 Å². The third kappa shape index (κ3) is 5.33. The van der Waals surface area contributed by atoms with E-state index in [0.717, 1.165) is 29.5 Å². The van der Waals surface area contributed by atoms with Crippen molar-refractivity contribution >= 4 is 23.4 Å². The topological polar surface area (TPSA) is 101 Å². The van der Waals surface area contributed by atoms with Crippen LogP contribution in [0.25, 0.3) is 11.1 Å². The Morgan fingerprint density at radius 1 is 1.03 bits per heavy atom. The van der Waals surface area contributed by atoms with E-state index in [-0.39, 0.29) is 12.3 Å². The SMILES string of the molecule is Cc1ccc(F)c(NC(=O)Nc2ccc(-c3ccc(OCC4(C(=O)O)CCCC4)nc3)cc2)c1. The molecule has 1 aliphatic carbocycles. The molecule has 2 amide bonds. The molecular formula is C26H26FN3O4. The number of aromatic nitrogens is 1. The van der Waals surface area contributed by atoms with Gasteiger partial charge in [-0.3, -0.25) is 4.79 Å². The first-order valence-electron chi connectivity index (χ1n) is 11.1. The van der Waals surface area contributed by atoms with Crippen molar-refractivity contribution in [3.63, 3.8) is 0 Å². The number of carbonyl (C=O) groups excluding carboxylic acids is 1. The summed E-state index contributed by atoms with van der Waals surface area (Å²) >= 11 is 0. The quantitative estimate of drug-likeness (QED) is 0.407. The van der Waals surface area contributed by atoms with Gasteiger partial charge in [-0.2, -0.15) is 0 Å². The summed E-state index contributed by atoms with van der Waals surface area (Å²) in [5, 5.41) is 14.7. The molecule has 1 fully saturated rings. The van der Waals surface area contributed by atoms with E-state index < -0.39 is 23.2 Å². The average Bonchev–Trinajstić information content (AvgIpc) is 3.32. The predicted molar refractivity (Wildman–Crippen MR) is 127 cm³/mol. The number of benzene rings is 2. The van der Waals surface area contributed by atoms with Crippen LogP contribution in [0.1, 0.15) is 31.2 Å². The largest absolute Gasteiger partial charge is 0.481 e. The van der Waals surface area contributed by atoms with Gasteiger partial charge < -0.3 is 20.5 Å². The first-order valence-corrected chi connectivity index (χ1v) is 11.1. The number of urea groups is 1. The molecule has 1 heterocycles. The zero-order valence-electron chi connectivity index (χ0n) is 18.8. The Labute approximate surface area is 197 Å². The normalized spacial score (nSPS) is 14.4. The molecule has 1 saturated carbocycles. The number of nitrogens with zero attached hydrogens (tertiary/aromatic N) is 1. The molecule has 1 aromatic heterocycles. The van der Waals surface area contributed by atoms with Crippen LogP contribution >= 0.6 is 0 Å². The maximum atomic E-state index is 13.8. The van der Waals surface area contributed by atoms with Crippen molar-refractivity contribution in [2.45, 2.75) is 32.6 Å². The molecule has 2 aromatic carbocycles. The molecule has 0 radical (unpaired) electrons. The van der Waals surface area contributed by atoms with E-state index in [2.05, 4.69) is 15.6 Å². The lowest BCUT2D eigenvalue weighted by Crippen LogP contribution is -2.34. The lowest BCUT2D eigenvalue weighted by molar-refractivity contribution is -0.150. The number of hydrogen-bond donors (Lipinski definition) is 3. The van der Waals surface area contributed by atoms with Crippen molar-refractivity contribution in [2.24, 2.45) is 5.41 Å². The molecule has 0 aliphatic heterocycles. The summed E-state index contributed by atoms with van der Waals surface area (Å²) in [4.78, 5) is 28.2. The van der Waals surface area contributed by atoms with Crippen LogP contribution in [0.4, 0.5) is 20.6 Å². The summed E-state index contributed by atoms with van der Waals surface area (Å²) in [6.45, 7) is 1.93. The number of aliphatic carboxylic acids is 1. The second-order valence-corrected chi connectivity index (χ2v) is 8.61. The number of anilines is 2. The number of ether oxygens (including phenoxy) is 1. The van der Waals surface area contributed by atoms with E-state index in [4.69, 9.17) is 4.74 Å². The highest BCUT2D eigenvalue weighted by Gasteiger charge is 2.42. The Hall–Kier alpha value is -3.94. The molecule has 8 heteroatoms. The van der Waals surface area contributed by atoms with E-state index in [1.54, 1.807) is 36.5 Å². The molecule has 7 nitrogen and oxygen atoms in total. The second kappa shape index (κ2) is 9.91. The minimum atomic E-state index is -0.819. The fourth-order valence-electron chi connectivity index (χ4n) is 4.09. The number of carboxylic acid groups (broad SMARTS) is 1. The molecule has 0 spiro atoms. The van der Waals surface area contributed by atoms with Crippen LogP contribution < -0.4 is 15.4 Å². The molecule has 0 saturated heterocycles. The van der Waals surface area contributed by atoms with Gasteiger partial charge >= 0.3 is 12.0 Å². The lowest BCUT2D eigenvalue weighted by Gasteiger charge is -2.23. The van der Waals surface area contributed by atoms with Gasteiger partial charge in [0.1, 0.15) is 17.8 Å². The third-order valence-corrected chi connectivity index (χ3v) is 6.09. The number of aryl methyl sites for hydroxylation is 1. The minimum absolute atomic E-state index is 0.115. The van der Waals surface area contributed by atoms with Gasteiger partial charge in [-0.1, -0.05) is 31.0 Å². The molecule has 0 atom stereocenters. The van der Waals surface area contributed by atoms with Crippen molar-refractivity contribution in [3.8, 4) is 17.0 Å². The van der Waals surface area contributed by atoms with Gasteiger partial charge in [-0.15, -0.1) is 0 Å². The summed E-state index contributed by atoms with van der Waals surface area (Å²) in [6.07, 6.45) is 4.71. The number of rotatable bonds is 7. The van der Waals surface area contributed by atoms with Gasteiger partial charge in [-0.25, -0.2) is 14.2 Å². The molecule has 3 N–H and O–H groups in total. The molecule has 1 aliphatic rings. The number of nitrogens with one attached hydrogen (secondary N) is 2. The van der Waals surface area contributed by atoms with Crippen LogP contribution in [-0.2, 0) is 4.79 Å². The highest BCUT2D eigenvalue weighted by molar-refractivity contribution is 6.00. The average molecular weight is 464 g/mol. The summed E-state index contributed by atoms with van der Waals surface area (Å²) in [5.74, 6) is -0.931. The highest BCUT2D eigenvalue weighted by Crippen LogP contribution is 2.38. The van der Waals surface area contributed by atoms with Crippen LogP contribution in [0.3, 0.4) is 0 Å². The summed E-state index contributed by atoms with van der Waals surface area (Å²) < 4.78 is 19.5. The van der Waals surface area contributed by atoms with Gasteiger partial charge in [0.2, 0.25) is 5.88 Å². The maximum absolute atomic E-state index is 13.8. The zero-order valence-corrected chi connectivity index (χ0v) is 18.8. The number of pyridine rings is 1. The van der Waals surface area contributed by atoms with Crippen molar-refractivity contribution in [2.75, 3.05) is 17.2 Å². The van der Waals surface area contributed by atoms with Gasteiger partial charge in [0.15, 0.2) is 0 Å². The second-order valence-electron chi connectivity index (χ2n) is 8.61. The van der Waals surface area contributed by atoms with Crippen molar-refractivity contribution in [1.82, 2.24) is 4.98 Å². The van der Waals surface area contributed by atoms with Gasteiger partial charge in [0.25, 0.3) is 0 Å². The molecular weight excluding hydrogens is 437 g/mol. The van der Waals surface area contributed by atoms with Crippen LogP contribution in [0.2, 0.25) is 0 Å². The van der Waals surface area contributed by atoms with Crippen LogP contribution in [0.15, 0.2) is 60.8 Å². The first kappa shape index (κ1) is 23.2. The van der Waals surface area contributed by atoms with E-state index >= 15 is 0 Å². The predicted octanol–water partition coefficient (Wildman–Crippen LogP) is 5.86. The Morgan fingerprint density at radius 2 is 1.74 bits per heavy atom. The molecule has 0 bridgehead atoms. The third-order valence-electron chi connectivity index (χ3n) is 6.09. The number of halogens is 1. The molecule has 3 aromatic rings. The number of carbonyl (C=O) groups is 2. The fourth-order valence-corrected chi connectivity index (χ4v) is 4.09. The summed E-state index contributed by atoms with van der Waals surface area (Å²) in [6, 6.07) is 14.7. The fraction of sp³-hybridized carbons (Fsp3) is 0.269. The molecule has 176 valence electrons. The van der Waals surface area contributed by atoms with Crippen LogP contribution in [0.5, 0.6) is 5.88 Å². The van der Waals surface area contributed by atoms with Gasteiger partial charge in [0, 0.05) is 23.5 Å². The smallest absolute Gasteiger partial charge is 0.323 e. The zero-order chi connectivity index (χ0) is 24.1. The first-order chi connectivity index (χ1) is 16.3. The lowest BCUT2D eigenvalue weighted by atomic mass is 9.87. The standard InChI is InChI=1S/C26H26FN3O4/c1-17-4-10-21(27)22(14-17)30-25(33)29-20-8-5-18(6-9-20)19-7-11-23(28-15-19)34-16-26(24(31)32)12-2-3-13-26/h4-11,14-15H,2-3,12-13,16H2,1H3,(H,31,32)(H2,29,30,33). The number of carboxylic acids is 1.